The van der Waals surface area contributed by atoms with Crippen LogP contribution in [0.2, 0.25) is 0 Å². The molecule has 0 aliphatic rings. The fourth-order valence-corrected chi connectivity index (χ4v) is 7.09. The summed E-state index contributed by atoms with van der Waals surface area (Å²) in [4.78, 5) is 124. The lowest BCUT2D eigenvalue weighted by Gasteiger charge is -2.27. The van der Waals surface area contributed by atoms with Crippen molar-refractivity contribution in [1.82, 2.24) is 37.2 Å². The van der Waals surface area contributed by atoms with Gasteiger partial charge in [0.05, 0.1) is 12.5 Å². The Kier molecular flexibility index (Phi) is 24.2. The number of hydrogen-bond acceptors (Lipinski definition) is 13. The van der Waals surface area contributed by atoms with Crippen LogP contribution in [0.5, 0.6) is 0 Å². The summed E-state index contributed by atoms with van der Waals surface area (Å²) in [5, 5.41) is 27.2. The maximum Gasteiger partial charge on any atom is 0.327 e. The molecule has 0 saturated heterocycles. The molecule has 3 aromatic carbocycles. The van der Waals surface area contributed by atoms with Crippen LogP contribution in [0.4, 0.5) is 0 Å². The topological polar surface area (TPSA) is 375 Å². The van der Waals surface area contributed by atoms with Crippen molar-refractivity contribution in [2.24, 2.45) is 27.9 Å². The first-order chi connectivity index (χ1) is 33.3. The predicted molar refractivity (Wildman–Crippen MR) is 267 cm³/mol. The van der Waals surface area contributed by atoms with Gasteiger partial charge < -0.3 is 65.3 Å². The number of nitrogens with two attached hydrogens (primary N) is 4. The van der Waals surface area contributed by atoms with E-state index in [1.807, 2.05) is 0 Å². The third-order valence-corrected chi connectivity index (χ3v) is 11.2. The van der Waals surface area contributed by atoms with Gasteiger partial charge in [0, 0.05) is 37.3 Å². The summed E-state index contributed by atoms with van der Waals surface area (Å²) in [6.07, 6.45) is -0.785. The largest absolute Gasteiger partial charge is 0.480 e. The van der Waals surface area contributed by atoms with Gasteiger partial charge in [-0.05, 0) is 36.5 Å². The van der Waals surface area contributed by atoms with Crippen molar-refractivity contribution in [3.8, 4) is 0 Å². The van der Waals surface area contributed by atoms with Crippen LogP contribution < -0.4 is 60.2 Å². The summed E-state index contributed by atoms with van der Waals surface area (Å²) in [5.41, 5.74) is 24.1. The van der Waals surface area contributed by atoms with Crippen LogP contribution in [0.3, 0.4) is 0 Å². The molecular formula is C46H62N12O10S2. The number of amides is 8. The van der Waals surface area contributed by atoms with Gasteiger partial charge in [-0.2, -0.15) is 25.3 Å². The fourth-order valence-electron chi connectivity index (χ4n) is 6.67. The van der Waals surface area contributed by atoms with Crippen molar-refractivity contribution in [2.75, 3.05) is 18.1 Å². The van der Waals surface area contributed by atoms with Gasteiger partial charge in [-0.15, -0.1) is 0 Å². The second-order valence-electron chi connectivity index (χ2n) is 16.1. The van der Waals surface area contributed by atoms with Crippen LogP contribution in [-0.2, 0) is 62.4 Å². The number of carboxylic acid groups (broad SMARTS) is 1. The number of aliphatic carboxylic acids is 1. The zero-order chi connectivity index (χ0) is 51.8. The molecule has 70 heavy (non-hydrogen) atoms. The second kappa shape index (κ2) is 29.7. The molecule has 0 unspecified atom stereocenters. The Morgan fingerprint density at radius 1 is 0.514 bits per heavy atom. The highest BCUT2D eigenvalue weighted by atomic mass is 32.1. The summed E-state index contributed by atoms with van der Waals surface area (Å²) in [5.74, 6) is -8.82. The zero-order valence-corrected chi connectivity index (χ0v) is 40.2. The highest BCUT2D eigenvalue weighted by Gasteiger charge is 2.34. The quantitative estimate of drug-likeness (QED) is 0.0146. The number of carbonyl (C=O) groups excluding carboxylic acids is 8. The van der Waals surface area contributed by atoms with Crippen molar-refractivity contribution in [1.29, 1.82) is 0 Å². The SMILES string of the molecule is C[C@H](NC(=O)[C@H](CC(N)=O)NC(=O)[C@H](Cc1ccccc1)NC(=O)[C@H](Cc1ccccc1)NC(=O)[C@H](CCCN=C(N)N)NC(=O)[C@@H](N)CS)C(=O)N[C@@H](Cc1ccccc1)C(=O)N[C@@H](CS)C(=O)O. The molecule has 0 radical (unpaired) electrons. The summed E-state index contributed by atoms with van der Waals surface area (Å²) in [6.45, 7) is 1.39. The Labute approximate surface area is 415 Å². The van der Waals surface area contributed by atoms with Gasteiger partial charge in [-0.1, -0.05) is 91.0 Å². The van der Waals surface area contributed by atoms with E-state index in [0.717, 1.165) is 0 Å². The maximum absolute atomic E-state index is 14.4. The fraction of sp³-hybridized carbons (Fsp3) is 0.391. The first-order valence-corrected chi connectivity index (χ1v) is 23.4. The van der Waals surface area contributed by atoms with E-state index in [-0.39, 0.29) is 56.1 Å². The minimum Gasteiger partial charge on any atom is -0.480 e. The number of aliphatic imine (C=N–C) groups is 1. The molecule has 0 aromatic heterocycles. The van der Waals surface area contributed by atoms with Crippen LogP contribution in [0.25, 0.3) is 0 Å². The Bertz CT molecular complexity index is 2280. The molecule has 16 N–H and O–H groups in total. The molecule has 8 amide bonds. The van der Waals surface area contributed by atoms with E-state index in [2.05, 4.69) is 67.5 Å². The number of hydrogen-bond donors (Lipinski definition) is 14. The van der Waals surface area contributed by atoms with E-state index < -0.39 is 108 Å². The van der Waals surface area contributed by atoms with Gasteiger partial charge in [-0.25, -0.2) is 4.79 Å². The van der Waals surface area contributed by atoms with Gasteiger partial charge in [0.15, 0.2) is 5.96 Å². The Hall–Kier alpha value is -7.18. The number of benzene rings is 3. The third kappa shape index (κ3) is 20.2. The highest BCUT2D eigenvalue weighted by Crippen LogP contribution is 2.11. The molecule has 3 rings (SSSR count). The lowest BCUT2D eigenvalue weighted by atomic mass is 10.0. The van der Waals surface area contributed by atoms with Crippen molar-refractivity contribution in [3.05, 3.63) is 108 Å². The first-order valence-electron chi connectivity index (χ1n) is 22.1. The Morgan fingerprint density at radius 3 is 1.27 bits per heavy atom. The second-order valence-corrected chi connectivity index (χ2v) is 16.8. The average Bonchev–Trinajstić information content (AvgIpc) is 3.33. The molecule has 0 spiro atoms. The molecule has 8 atom stereocenters. The van der Waals surface area contributed by atoms with Crippen molar-refractivity contribution >= 4 is 84.4 Å². The monoisotopic (exact) mass is 1010 g/mol. The number of carbonyl (C=O) groups is 9. The smallest absolute Gasteiger partial charge is 0.327 e. The minimum absolute atomic E-state index is 0.0286. The lowest BCUT2D eigenvalue weighted by Crippen LogP contribution is -2.61. The number of nitrogens with one attached hydrogen (secondary N) is 7. The number of guanidine groups is 1. The van der Waals surface area contributed by atoms with Crippen LogP contribution in [0.15, 0.2) is 96.0 Å². The number of rotatable bonds is 29. The number of carboxylic acids is 1. The van der Waals surface area contributed by atoms with Crippen molar-refractivity contribution < 1.29 is 48.3 Å². The van der Waals surface area contributed by atoms with E-state index in [1.165, 1.54) is 6.92 Å². The lowest BCUT2D eigenvalue weighted by molar-refractivity contribution is -0.141. The van der Waals surface area contributed by atoms with Crippen LogP contribution >= 0.6 is 25.3 Å². The van der Waals surface area contributed by atoms with E-state index in [9.17, 15) is 48.3 Å². The van der Waals surface area contributed by atoms with Gasteiger partial charge in [0.1, 0.15) is 42.3 Å². The normalized spacial score (nSPS) is 14.2. The Balaban J connectivity index is 1.90. The Morgan fingerprint density at radius 2 is 0.886 bits per heavy atom. The molecule has 0 heterocycles. The first kappa shape index (κ1) is 57.1. The number of nitrogens with zero attached hydrogens (tertiary/aromatic N) is 1. The van der Waals surface area contributed by atoms with Crippen molar-refractivity contribution in [2.45, 2.75) is 93.8 Å². The summed E-state index contributed by atoms with van der Waals surface area (Å²) < 4.78 is 0. The van der Waals surface area contributed by atoms with Crippen molar-refractivity contribution in [3.63, 3.8) is 0 Å². The molecule has 24 heteroatoms. The van der Waals surface area contributed by atoms with Crippen LogP contribution in [0, 0.1) is 0 Å². The molecule has 0 saturated carbocycles. The van der Waals surface area contributed by atoms with Gasteiger partial charge >= 0.3 is 5.97 Å². The number of thiol groups is 2. The van der Waals surface area contributed by atoms with E-state index >= 15 is 0 Å². The van der Waals surface area contributed by atoms with E-state index in [4.69, 9.17) is 22.9 Å². The van der Waals surface area contributed by atoms with Crippen LogP contribution in [-0.4, -0.2) is 131 Å². The predicted octanol–water partition coefficient (Wildman–Crippen LogP) is -2.67. The molecule has 378 valence electrons. The van der Waals surface area contributed by atoms with E-state index in [1.54, 1.807) is 91.0 Å². The molecular weight excluding hydrogens is 945 g/mol. The van der Waals surface area contributed by atoms with Gasteiger partial charge in [0.25, 0.3) is 0 Å². The summed E-state index contributed by atoms with van der Waals surface area (Å²) in [7, 11) is 0. The zero-order valence-electron chi connectivity index (χ0n) is 38.4. The molecule has 22 nitrogen and oxygen atoms in total. The molecule has 0 bridgehead atoms. The standard InChI is InChI=1S/C46H62N12O10S2/c1-26(38(60)54-32(20-27-12-5-2-6-13-27)44(66)58-36(25-70)45(67)68)52-41(63)35(23-37(48)59)57-43(65)34(22-29-16-9-4-10-17-29)56-42(64)33(21-28-14-7-3-8-15-28)55-40(62)31(18-11-19-51-46(49)50)53-39(61)30(47)24-69/h2-10,12-17,26,30-36,69-70H,11,18-25,47H2,1H3,(H2,48,59)(H,52,63)(H,53,61)(H,54,60)(H,55,62)(H,56,64)(H,57,65)(H,58,66)(H,67,68)(H4,49,50,51)/t26-,30-,31-,32-,33-,34-,35-,36-/m0/s1. The molecule has 0 aliphatic carbocycles. The maximum atomic E-state index is 14.4. The van der Waals surface area contributed by atoms with E-state index in [0.29, 0.717) is 16.7 Å². The third-order valence-electron chi connectivity index (χ3n) is 10.4. The minimum atomic E-state index is -1.70. The average molecular weight is 1010 g/mol. The number of primary amides is 1. The van der Waals surface area contributed by atoms with Gasteiger partial charge in [0.2, 0.25) is 47.3 Å². The van der Waals surface area contributed by atoms with Gasteiger partial charge in [-0.3, -0.25) is 43.3 Å². The summed E-state index contributed by atoms with van der Waals surface area (Å²) in [6, 6.07) is 14.8. The highest BCUT2D eigenvalue weighted by molar-refractivity contribution is 7.80. The summed E-state index contributed by atoms with van der Waals surface area (Å²) >= 11 is 8.05. The molecule has 3 aromatic rings. The van der Waals surface area contributed by atoms with Crippen LogP contribution in [0.1, 0.15) is 42.9 Å². The molecule has 0 aliphatic heterocycles. The molecule has 0 fully saturated rings.